The lowest BCUT2D eigenvalue weighted by atomic mass is 10.2. The highest BCUT2D eigenvalue weighted by molar-refractivity contribution is 7.91. The summed E-state index contributed by atoms with van der Waals surface area (Å²) in [5.41, 5.74) is 0.211. The molecule has 0 atom stereocenters. The molecule has 1 aliphatic heterocycles. The summed E-state index contributed by atoms with van der Waals surface area (Å²) in [6.45, 7) is 1.38. The Labute approximate surface area is 188 Å². The first-order valence-corrected chi connectivity index (χ1v) is 11.6. The van der Waals surface area contributed by atoms with Gasteiger partial charge >= 0.3 is 0 Å². The van der Waals surface area contributed by atoms with Crippen LogP contribution in [0.25, 0.3) is 0 Å². The fourth-order valence-corrected chi connectivity index (χ4v) is 4.76. The molecule has 33 heavy (non-hydrogen) atoms. The normalized spacial score (nSPS) is 14.4. The first-order valence-electron chi connectivity index (χ1n) is 10.1. The van der Waals surface area contributed by atoms with Crippen LogP contribution in [-0.2, 0) is 21.2 Å². The van der Waals surface area contributed by atoms with Crippen LogP contribution in [-0.4, -0.2) is 55.2 Å². The molecule has 1 aliphatic rings. The molecule has 1 fully saturated rings. The van der Waals surface area contributed by atoms with Crippen LogP contribution in [0.4, 0.5) is 14.5 Å². The number of anilines is 1. The van der Waals surface area contributed by atoms with Crippen LogP contribution in [0.2, 0.25) is 0 Å². The van der Waals surface area contributed by atoms with Crippen molar-refractivity contribution in [1.82, 2.24) is 14.7 Å². The quantitative estimate of drug-likeness (QED) is 0.559. The number of benzene rings is 2. The van der Waals surface area contributed by atoms with Crippen molar-refractivity contribution in [2.24, 2.45) is 0 Å². The third-order valence-electron chi connectivity index (χ3n) is 5.33. The van der Waals surface area contributed by atoms with E-state index in [-0.39, 0.29) is 16.6 Å². The third kappa shape index (κ3) is 4.92. The van der Waals surface area contributed by atoms with E-state index >= 15 is 0 Å². The number of rotatable bonds is 5. The molecule has 0 N–H and O–H groups in total. The second kappa shape index (κ2) is 9.10. The van der Waals surface area contributed by atoms with Gasteiger partial charge in [0.15, 0.2) is 5.03 Å². The van der Waals surface area contributed by atoms with Gasteiger partial charge in [-0.1, -0.05) is 6.07 Å². The van der Waals surface area contributed by atoms with E-state index in [1.165, 1.54) is 24.3 Å². The second-order valence-electron chi connectivity index (χ2n) is 7.47. The summed E-state index contributed by atoms with van der Waals surface area (Å²) in [7, 11) is -4.17. The van der Waals surface area contributed by atoms with Crippen LogP contribution in [0.1, 0.15) is 0 Å². The second-order valence-corrected chi connectivity index (χ2v) is 9.37. The Morgan fingerprint density at radius 1 is 0.909 bits per heavy atom. The molecule has 8 nitrogen and oxygen atoms in total. The predicted octanol–water partition coefficient (Wildman–Crippen LogP) is 1.70. The van der Waals surface area contributed by atoms with E-state index in [4.69, 9.17) is 0 Å². The number of sulfone groups is 1. The molecule has 1 aromatic heterocycles. The smallest absolute Gasteiger partial charge is 0.267 e. The number of halogens is 2. The average molecular weight is 474 g/mol. The molecule has 2 aromatic carbocycles. The Morgan fingerprint density at radius 2 is 1.61 bits per heavy atom. The zero-order valence-electron chi connectivity index (χ0n) is 17.4. The first-order chi connectivity index (χ1) is 15.7. The maximum atomic E-state index is 13.5. The Balaban J connectivity index is 1.46. The molecule has 0 aliphatic carbocycles. The molecular formula is C22H20F2N4O4S. The SMILES string of the molecule is O=C(Cn1nc(S(=O)(=O)c2cccc(F)c2)ccc1=O)N1CCN(c2ccc(F)cc2)CC1. The third-order valence-corrected chi connectivity index (χ3v) is 6.98. The molecule has 4 rings (SSSR count). The fourth-order valence-electron chi connectivity index (χ4n) is 3.54. The molecule has 11 heteroatoms. The van der Waals surface area contributed by atoms with Crippen LogP contribution < -0.4 is 10.5 Å². The van der Waals surface area contributed by atoms with Crippen molar-refractivity contribution in [3.05, 3.63) is 82.7 Å². The number of carbonyl (C=O) groups excluding carboxylic acids is 1. The molecule has 0 saturated carbocycles. The van der Waals surface area contributed by atoms with Gasteiger partial charge in [0.1, 0.15) is 18.2 Å². The minimum atomic E-state index is -4.17. The zero-order chi connectivity index (χ0) is 23.6. The molecule has 1 amide bonds. The van der Waals surface area contributed by atoms with Crippen molar-refractivity contribution >= 4 is 21.4 Å². The molecule has 172 valence electrons. The van der Waals surface area contributed by atoms with Crippen molar-refractivity contribution in [3.8, 4) is 0 Å². The van der Waals surface area contributed by atoms with Gasteiger partial charge in [0.2, 0.25) is 15.7 Å². The molecule has 1 saturated heterocycles. The maximum absolute atomic E-state index is 13.5. The summed E-state index contributed by atoms with van der Waals surface area (Å²) in [5, 5.41) is 3.40. The average Bonchev–Trinajstić information content (AvgIpc) is 2.81. The van der Waals surface area contributed by atoms with E-state index in [0.29, 0.717) is 26.2 Å². The summed E-state index contributed by atoms with van der Waals surface area (Å²) in [6.07, 6.45) is 0. The number of hydrogen-bond acceptors (Lipinski definition) is 6. The van der Waals surface area contributed by atoms with Crippen LogP contribution in [0, 0.1) is 11.6 Å². The highest BCUT2D eigenvalue weighted by Crippen LogP contribution is 2.19. The van der Waals surface area contributed by atoms with Crippen molar-refractivity contribution in [2.45, 2.75) is 16.5 Å². The number of nitrogens with zero attached hydrogens (tertiary/aromatic N) is 4. The summed E-state index contributed by atoms with van der Waals surface area (Å²) >= 11 is 0. The Bertz CT molecular complexity index is 1340. The van der Waals surface area contributed by atoms with Crippen molar-refractivity contribution < 1.29 is 22.0 Å². The zero-order valence-corrected chi connectivity index (χ0v) is 18.2. The first kappa shape index (κ1) is 22.6. The van der Waals surface area contributed by atoms with Crippen LogP contribution in [0.3, 0.4) is 0 Å². The molecule has 0 spiro atoms. The molecule has 0 unspecified atom stereocenters. The van der Waals surface area contributed by atoms with Gasteiger partial charge in [0.05, 0.1) is 4.90 Å². The van der Waals surface area contributed by atoms with Gasteiger partial charge in [-0.05, 0) is 48.5 Å². The van der Waals surface area contributed by atoms with E-state index in [0.717, 1.165) is 34.6 Å². The Hall–Kier alpha value is -3.60. The van der Waals surface area contributed by atoms with Gasteiger partial charge in [-0.15, -0.1) is 0 Å². The van der Waals surface area contributed by atoms with Gasteiger partial charge in [-0.2, -0.15) is 5.10 Å². The molecule has 0 radical (unpaired) electrons. The van der Waals surface area contributed by atoms with Crippen molar-refractivity contribution in [2.75, 3.05) is 31.1 Å². The predicted molar refractivity (Wildman–Crippen MR) is 116 cm³/mol. The number of piperazine rings is 1. The number of amides is 1. The van der Waals surface area contributed by atoms with E-state index < -0.39 is 32.8 Å². The number of hydrogen-bond donors (Lipinski definition) is 0. The van der Waals surface area contributed by atoms with Gasteiger partial charge < -0.3 is 9.80 Å². The molecule has 2 heterocycles. The van der Waals surface area contributed by atoms with Gasteiger partial charge in [-0.3, -0.25) is 9.59 Å². The minimum absolute atomic E-state index is 0.302. The molecule has 0 bridgehead atoms. The summed E-state index contributed by atoms with van der Waals surface area (Å²) < 4.78 is 52.9. The Kier molecular flexibility index (Phi) is 6.23. The summed E-state index contributed by atoms with van der Waals surface area (Å²) in [6, 6.07) is 12.6. The topological polar surface area (TPSA) is 92.6 Å². The van der Waals surface area contributed by atoms with E-state index in [2.05, 4.69) is 5.10 Å². The maximum Gasteiger partial charge on any atom is 0.267 e. The summed E-state index contributed by atoms with van der Waals surface area (Å²) in [4.78, 5) is 28.2. The van der Waals surface area contributed by atoms with E-state index in [9.17, 15) is 26.8 Å². The van der Waals surface area contributed by atoms with Crippen LogP contribution in [0.5, 0.6) is 0 Å². The highest BCUT2D eigenvalue weighted by atomic mass is 32.2. The lowest BCUT2D eigenvalue weighted by Gasteiger charge is -2.36. The van der Waals surface area contributed by atoms with Gasteiger partial charge in [0, 0.05) is 37.9 Å². The number of aromatic nitrogens is 2. The van der Waals surface area contributed by atoms with Gasteiger partial charge in [0.25, 0.3) is 5.56 Å². The highest BCUT2D eigenvalue weighted by Gasteiger charge is 2.24. The van der Waals surface area contributed by atoms with Crippen LogP contribution in [0.15, 0.2) is 75.4 Å². The Morgan fingerprint density at radius 3 is 2.27 bits per heavy atom. The number of carbonyl (C=O) groups is 1. The van der Waals surface area contributed by atoms with E-state index in [1.54, 1.807) is 17.0 Å². The molecule has 3 aromatic rings. The van der Waals surface area contributed by atoms with Crippen molar-refractivity contribution in [3.63, 3.8) is 0 Å². The minimum Gasteiger partial charge on any atom is -0.368 e. The van der Waals surface area contributed by atoms with E-state index in [1.807, 2.05) is 4.90 Å². The standard InChI is InChI=1S/C22H20F2N4O4S/c23-16-4-6-18(7-5-16)26-10-12-27(13-11-26)22(30)15-28-21(29)9-8-20(25-28)33(31,32)19-3-1-2-17(24)14-19/h1-9,14H,10-13,15H2. The van der Waals surface area contributed by atoms with Crippen molar-refractivity contribution in [1.29, 1.82) is 0 Å². The largest absolute Gasteiger partial charge is 0.368 e. The lowest BCUT2D eigenvalue weighted by Crippen LogP contribution is -2.50. The monoisotopic (exact) mass is 474 g/mol. The van der Waals surface area contributed by atoms with Gasteiger partial charge in [-0.25, -0.2) is 21.9 Å². The fraction of sp³-hybridized carbons (Fsp3) is 0.227. The molecular weight excluding hydrogens is 454 g/mol. The summed E-state index contributed by atoms with van der Waals surface area (Å²) in [5.74, 6) is -1.44. The van der Waals surface area contributed by atoms with Crippen LogP contribution >= 0.6 is 0 Å². The lowest BCUT2D eigenvalue weighted by molar-refractivity contribution is -0.132.